The molecular formula is C21H25ClN4O3S. The molecule has 0 saturated carbocycles. The fraction of sp³-hybridized carbons (Fsp3) is 0.429. The van der Waals surface area contributed by atoms with Gasteiger partial charge in [-0.2, -0.15) is 4.31 Å². The van der Waals surface area contributed by atoms with Crippen molar-refractivity contribution in [2.75, 3.05) is 44.2 Å². The number of carbonyl (C=O) groups is 1. The molecule has 0 N–H and O–H groups in total. The first-order valence-corrected chi connectivity index (χ1v) is 12.0. The number of piperidine rings is 1. The number of piperazine rings is 1. The molecule has 2 fully saturated rings. The Bertz CT molecular complexity index is 1020. The number of benzene rings is 1. The van der Waals surface area contributed by atoms with E-state index in [1.807, 2.05) is 12.1 Å². The fourth-order valence-electron chi connectivity index (χ4n) is 3.94. The van der Waals surface area contributed by atoms with Gasteiger partial charge in [0.25, 0.3) is 5.91 Å². The van der Waals surface area contributed by atoms with Gasteiger partial charge in [0.1, 0.15) is 11.0 Å². The average molecular weight is 449 g/mol. The summed E-state index contributed by atoms with van der Waals surface area (Å²) in [6.45, 7) is 3.45. The topological polar surface area (TPSA) is 73.8 Å². The van der Waals surface area contributed by atoms with Crippen molar-refractivity contribution >= 4 is 33.3 Å². The van der Waals surface area contributed by atoms with Crippen LogP contribution in [0.15, 0.2) is 47.4 Å². The Morgan fingerprint density at radius 2 is 1.60 bits per heavy atom. The number of hydrogen-bond acceptors (Lipinski definition) is 5. The molecule has 0 atom stereocenters. The Balaban J connectivity index is 1.45. The van der Waals surface area contributed by atoms with Crippen molar-refractivity contribution in [3.8, 4) is 0 Å². The normalized spacial score (nSPS) is 18.4. The Labute approximate surface area is 182 Å². The van der Waals surface area contributed by atoms with Crippen LogP contribution in [0.1, 0.15) is 29.6 Å². The van der Waals surface area contributed by atoms with E-state index in [-0.39, 0.29) is 10.8 Å². The molecule has 160 valence electrons. The van der Waals surface area contributed by atoms with Crippen molar-refractivity contribution < 1.29 is 13.2 Å². The quantitative estimate of drug-likeness (QED) is 0.672. The molecule has 0 radical (unpaired) electrons. The van der Waals surface area contributed by atoms with E-state index < -0.39 is 10.0 Å². The lowest BCUT2D eigenvalue weighted by Crippen LogP contribution is -2.49. The molecule has 0 aliphatic carbocycles. The number of amides is 1. The average Bonchev–Trinajstić information content (AvgIpc) is 2.79. The summed E-state index contributed by atoms with van der Waals surface area (Å²) in [6.07, 6.45) is 2.81. The van der Waals surface area contributed by atoms with Gasteiger partial charge in [-0.05, 0) is 43.2 Å². The molecule has 4 rings (SSSR count). The van der Waals surface area contributed by atoms with Gasteiger partial charge in [-0.3, -0.25) is 4.79 Å². The number of halogens is 1. The molecule has 7 nitrogen and oxygen atoms in total. The Morgan fingerprint density at radius 3 is 2.30 bits per heavy atom. The van der Waals surface area contributed by atoms with Crippen LogP contribution in [0.25, 0.3) is 0 Å². The number of sulfonamides is 1. The number of rotatable bonds is 4. The highest BCUT2D eigenvalue weighted by Gasteiger charge is 2.28. The Kier molecular flexibility index (Phi) is 6.26. The summed E-state index contributed by atoms with van der Waals surface area (Å²) in [4.78, 5) is 21.4. The van der Waals surface area contributed by atoms with Crippen molar-refractivity contribution in [2.45, 2.75) is 24.2 Å². The van der Waals surface area contributed by atoms with E-state index in [2.05, 4.69) is 9.88 Å². The van der Waals surface area contributed by atoms with Crippen molar-refractivity contribution in [1.29, 1.82) is 0 Å². The number of pyridine rings is 1. The first kappa shape index (κ1) is 21.1. The summed E-state index contributed by atoms with van der Waals surface area (Å²) in [7, 11) is -3.56. The zero-order chi connectivity index (χ0) is 21.1. The zero-order valence-electron chi connectivity index (χ0n) is 16.7. The number of hydrogen-bond donors (Lipinski definition) is 0. The molecule has 1 amide bonds. The van der Waals surface area contributed by atoms with Crippen LogP contribution in [-0.2, 0) is 10.0 Å². The minimum absolute atomic E-state index is 0.149. The minimum Gasteiger partial charge on any atom is -0.353 e. The third-order valence-corrected chi connectivity index (χ3v) is 7.73. The molecule has 9 heteroatoms. The highest BCUT2D eigenvalue weighted by molar-refractivity contribution is 7.89. The van der Waals surface area contributed by atoms with E-state index in [0.717, 1.165) is 25.1 Å². The van der Waals surface area contributed by atoms with Gasteiger partial charge in [0.2, 0.25) is 10.0 Å². The first-order valence-electron chi connectivity index (χ1n) is 10.2. The standard InChI is InChI=1S/C21H25ClN4O3S/c22-19-8-5-9-20(23-19)24-12-14-25(15-13-24)21(27)17-6-4-7-18(16-17)30(28,29)26-10-2-1-3-11-26/h4-9,16H,1-3,10-15H2. The molecule has 2 aromatic rings. The summed E-state index contributed by atoms with van der Waals surface area (Å²) in [6, 6.07) is 11.9. The van der Waals surface area contributed by atoms with E-state index in [1.54, 1.807) is 29.2 Å². The molecular weight excluding hydrogens is 424 g/mol. The molecule has 0 spiro atoms. The highest BCUT2D eigenvalue weighted by Crippen LogP contribution is 2.23. The predicted octanol–water partition coefficient (Wildman–Crippen LogP) is 2.87. The summed E-state index contributed by atoms with van der Waals surface area (Å²) in [5.41, 5.74) is 0.405. The van der Waals surface area contributed by atoms with Crippen LogP contribution < -0.4 is 4.90 Å². The van der Waals surface area contributed by atoms with Crippen molar-refractivity contribution in [3.05, 3.63) is 53.2 Å². The van der Waals surface area contributed by atoms with Crippen LogP contribution in [0, 0.1) is 0 Å². The number of aromatic nitrogens is 1. The third-order valence-electron chi connectivity index (χ3n) is 5.63. The molecule has 30 heavy (non-hydrogen) atoms. The summed E-state index contributed by atoms with van der Waals surface area (Å²) in [5, 5.41) is 0.442. The van der Waals surface area contributed by atoms with E-state index in [1.165, 1.54) is 10.4 Å². The molecule has 2 saturated heterocycles. The van der Waals surface area contributed by atoms with Crippen molar-refractivity contribution in [3.63, 3.8) is 0 Å². The van der Waals surface area contributed by atoms with Crippen LogP contribution in [0.2, 0.25) is 5.15 Å². The van der Waals surface area contributed by atoms with Crippen LogP contribution >= 0.6 is 11.6 Å². The van der Waals surface area contributed by atoms with Gasteiger partial charge >= 0.3 is 0 Å². The highest BCUT2D eigenvalue weighted by atomic mass is 35.5. The fourth-order valence-corrected chi connectivity index (χ4v) is 5.66. The van der Waals surface area contributed by atoms with Gasteiger partial charge in [-0.1, -0.05) is 30.2 Å². The summed E-state index contributed by atoms with van der Waals surface area (Å²) < 4.78 is 27.4. The smallest absolute Gasteiger partial charge is 0.254 e. The van der Waals surface area contributed by atoms with Gasteiger partial charge in [-0.25, -0.2) is 13.4 Å². The second kappa shape index (κ2) is 8.91. The maximum atomic E-state index is 13.0. The van der Waals surface area contributed by atoms with Crippen molar-refractivity contribution in [2.24, 2.45) is 0 Å². The number of anilines is 1. The lowest BCUT2D eigenvalue weighted by atomic mass is 10.2. The Hall–Kier alpha value is -2.16. The van der Waals surface area contributed by atoms with Gasteiger partial charge in [0.05, 0.1) is 4.90 Å². The molecule has 2 aliphatic heterocycles. The van der Waals surface area contributed by atoms with Gasteiger partial charge < -0.3 is 9.80 Å². The summed E-state index contributed by atoms with van der Waals surface area (Å²) >= 11 is 5.98. The molecule has 1 aromatic heterocycles. The largest absolute Gasteiger partial charge is 0.353 e. The third kappa shape index (κ3) is 4.45. The van der Waals surface area contributed by atoms with Crippen LogP contribution in [0.5, 0.6) is 0 Å². The van der Waals surface area contributed by atoms with E-state index in [0.29, 0.717) is 50.0 Å². The maximum absolute atomic E-state index is 13.0. The SMILES string of the molecule is O=C(c1cccc(S(=O)(=O)N2CCCCC2)c1)N1CCN(c2cccc(Cl)n2)CC1. The molecule has 0 bridgehead atoms. The lowest BCUT2D eigenvalue weighted by molar-refractivity contribution is 0.0746. The van der Waals surface area contributed by atoms with E-state index >= 15 is 0 Å². The monoisotopic (exact) mass is 448 g/mol. The number of nitrogens with zero attached hydrogens (tertiary/aromatic N) is 4. The van der Waals surface area contributed by atoms with Gasteiger partial charge in [-0.15, -0.1) is 0 Å². The molecule has 3 heterocycles. The second-order valence-corrected chi connectivity index (χ2v) is 9.92. The minimum atomic E-state index is -3.56. The van der Waals surface area contributed by atoms with Crippen molar-refractivity contribution in [1.82, 2.24) is 14.2 Å². The van der Waals surface area contributed by atoms with E-state index in [4.69, 9.17) is 11.6 Å². The van der Waals surface area contributed by atoms with E-state index in [9.17, 15) is 13.2 Å². The molecule has 2 aliphatic rings. The predicted molar refractivity (Wildman–Crippen MR) is 116 cm³/mol. The Morgan fingerprint density at radius 1 is 0.900 bits per heavy atom. The molecule has 0 unspecified atom stereocenters. The maximum Gasteiger partial charge on any atom is 0.254 e. The van der Waals surface area contributed by atoms with Crippen LogP contribution in [-0.4, -0.2) is 67.8 Å². The zero-order valence-corrected chi connectivity index (χ0v) is 18.3. The summed E-state index contributed by atoms with van der Waals surface area (Å²) in [5.74, 6) is 0.647. The number of carbonyl (C=O) groups excluding carboxylic acids is 1. The lowest BCUT2D eigenvalue weighted by Gasteiger charge is -2.35. The van der Waals surface area contributed by atoms with Crippen LogP contribution in [0.4, 0.5) is 5.82 Å². The van der Waals surface area contributed by atoms with Crippen LogP contribution in [0.3, 0.4) is 0 Å². The second-order valence-electron chi connectivity index (χ2n) is 7.59. The first-order chi connectivity index (χ1) is 14.4. The van der Waals surface area contributed by atoms with Gasteiger partial charge in [0, 0.05) is 44.8 Å². The molecule has 1 aromatic carbocycles. The van der Waals surface area contributed by atoms with Gasteiger partial charge in [0.15, 0.2) is 0 Å².